The molecule has 1 aliphatic rings. The van der Waals surface area contributed by atoms with Gasteiger partial charge in [-0.25, -0.2) is 4.79 Å². The average Bonchev–Trinajstić information content (AvgIpc) is 3.07. The normalized spacial score (nSPS) is 14.4. The molecule has 2 aromatic carbocycles. The zero-order valence-corrected chi connectivity index (χ0v) is 21.6. The van der Waals surface area contributed by atoms with Crippen molar-refractivity contribution in [1.29, 1.82) is 0 Å². The zero-order valence-electron chi connectivity index (χ0n) is 20.7. The number of para-hydroxylation sites is 1. The third kappa shape index (κ3) is 6.66. The van der Waals surface area contributed by atoms with Crippen LogP contribution in [-0.2, 0) is 19.1 Å². The third-order valence-electron chi connectivity index (χ3n) is 5.12. The fraction of sp³-hybridized carbons (Fsp3) is 0.308. The van der Waals surface area contributed by atoms with Crippen LogP contribution in [0.4, 0.5) is 10.5 Å². The van der Waals surface area contributed by atoms with Gasteiger partial charge in [0, 0.05) is 5.69 Å². The Hall–Kier alpha value is -3.79. The highest BCUT2D eigenvalue weighted by Gasteiger charge is 2.36. The van der Waals surface area contributed by atoms with E-state index in [9.17, 15) is 19.2 Å². The highest BCUT2D eigenvalue weighted by atomic mass is 32.2. The molecule has 0 radical (unpaired) electrons. The minimum atomic E-state index is -0.558. The molecule has 0 spiro atoms. The Morgan fingerprint density at radius 2 is 1.78 bits per heavy atom. The van der Waals surface area contributed by atoms with Gasteiger partial charge >= 0.3 is 5.97 Å². The number of carbonyl (C=O) groups excluding carboxylic acids is 4. The van der Waals surface area contributed by atoms with Crippen LogP contribution in [0.2, 0.25) is 0 Å². The van der Waals surface area contributed by atoms with Gasteiger partial charge in [0.05, 0.1) is 18.1 Å². The summed E-state index contributed by atoms with van der Waals surface area (Å²) < 4.78 is 15.9. The Labute approximate surface area is 213 Å². The molecule has 2 aromatic rings. The summed E-state index contributed by atoms with van der Waals surface area (Å²) >= 11 is 0.754. The average molecular weight is 513 g/mol. The lowest BCUT2D eigenvalue weighted by molar-refractivity contribution is -0.149. The molecule has 3 amide bonds. The first-order chi connectivity index (χ1) is 17.1. The number of thioether (sulfide) groups is 1. The molecule has 0 aliphatic carbocycles. The number of hydrogen-bond acceptors (Lipinski definition) is 8. The summed E-state index contributed by atoms with van der Waals surface area (Å²) in [7, 11) is 1.45. The molecular formula is C26H28N2O7S. The molecule has 1 saturated heterocycles. The van der Waals surface area contributed by atoms with E-state index in [4.69, 9.17) is 14.2 Å². The van der Waals surface area contributed by atoms with E-state index >= 15 is 0 Å². The summed E-state index contributed by atoms with van der Waals surface area (Å²) in [6.45, 7) is 6.55. The Kier molecular flexibility index (Phi) is 8.76. The van der Waals surface area contributed by atoms with Gasteiger partial charge in [0.1, 0.15) is 6.54 Å². The standard InChI is InChI=1S/C26H28N2O7S/c1-15(2)35-23(30)14-34-19-10-9-18(11-20(19)33-5)12-21-25(31)28(26(32)36-21)13-22(29)27-24-16(3)7-6-8-17(24)4/h6-12,15H,13-14H2,1-5H3,(H,27,29)/b21-12-. The lowest BCUT2D eigenvalue weighted by Gasteiger charge is -2.15. The smallest absolute Gasteiger partial charge is 0.344 e. The molecule has 1 heterocycles. The highest BCUT2D eigenvalue weighted by molar-refractivity contribution is 8.18. The van der Waals surface area contributed by atoms with Gasteiger partial charge in [-0.1, -0.05) is 24.3 Å². The summed E-state index contributed by atoms with van der Waals surface area (Å²) in [4.78, 5) is 50.7. The monoisotopic (exact) mass is 512 g/mol. The summed E-state index contributed by atoms with van der Waals surface area (Å²) in [6.07, 6.45) is 1.28. The number of nitrogens with one attached hydrogen (secondary N) is 1. The van der Waals surface area contributed by atoms with E-state index in [1.807, 2.05) is 32.0 Å². The second-order valence-electron chi connectivity index (χ2n) is 8.32. The van der Waals surface area contributed by atoms with Crippen molar-refractivity contribution in [2.75, 3.05) is 25.6 Å². The minimum absolute atomic E-state index is 0.177. The summed E-state index contributed by atoms with van der Waals surface area (Å²) in [5.74, 6) is -0.862. The molecule has 0 saturated carbocycles. The van der Waals surface area contributed by atoms with Crippen LogP contribution in [0.15, 0.2) is 41.3 Å². The fourth-order valence-electron chi connectivity index (χ4n) is 3.45. The number of rotatable bonds is 9. The molecule has 1 fully saturated rings. The van der Waals surface area contributed by atoms with Crippen LogP contribution >= 0.6 is 11.8 Å². The Morgan fingerprint density at radius 1 is 1.08 bits per heavy atom. The zero-order chi connectivity index (χ0) is 26.4. The molecule has 0 aromatic heterocycles. The lowest BCUT2D eigenvalue weighted by Crippen LogP contribution is -2.36. The van der Waals surface area contributed by atoms with E-state index in [2.05, 4.69) is 5.32 Å². The maximum atomic E-state index is 12.9. The van der Waals surface area contributed by atoms with Crippen LogP contribution < -0.4 is 14.8 Å². The van der Waals surface area contributed by atoms with Crippen molar-refractivity contribution in [1.82, 2.24) is 4.90 Å². The molecule has 36 heavy (non-hydrogen) atoms. The van der Waals surface area contributed by atoms with Crippen molar-refractivity contribution >= 4 is 46.5 Å². The van der Waals surface area contributed by atoms with Gasteiger partial charge in [-0.15, -0.1) is 0 Å². The first kappa shape index (κ1) is 26.8. The predicted molar refractivity (Wildman–Crippen MR) is 137 cm³/mol. The number of anilines is 1. The Balaban J connectivity index is 1.69. The van der Waals surface area contributed by atoms with Gasteiger partial charge in [0.2, 0.25) is 5.91 Å². The van der Waals surface area contributed by atoms with Gasteiger partial charge in [0.15, 0.2) is 18.1 Å². The summed E-state index contributed by atoms with van der Waals surface area (Å²) in [5, 5.41) is 2.26. The second kappa shape index (κ2) is 11.8. The number of benzene rings is 2. The number of esters is 1. The molecule has 0 unspecified atom stereocenters. The van der Waals surface area contributed by atoms with Gasteiger partial charge in [-0.2, -0.15) is 0 Å². The molecule has 10 heteroatoms. The number of aryl methyl sites for hydroxylation is 2. The quantitative estimate of drug-likeness (QED) is 0.391. The van der Waals surface area contributed by atoms with Crippen molar-refractivity contribution in [3.63, 3.8) is 0 Å². The SMILES string of the molecule is COc1cc(/C=C2\SC(=O)N(CC(=O)Nc3c(C)cccc3C)C2=O)ccc1OCC(=O)OC(C)C. The highest BCUT2D eigenvalue weighted by Crippen LogP contribution is 2.34. The fourth-order valence-corrected chi connectivity index (χ4v) is 4.29. The van der Waals surface area contributed by atoms with Crippen LogP contribution in [0.5, 0.6) is 11.5 Å². The lowest BCUT2D eigenvalue weighted by atomic mass is 10.1. The Bertz CT molecular complexity index is 1200. The molecule has 1 N–H and O–H groups in total. The van der Waals surface area contributed by atoms with Gasteiger partial charge < -0.3 is 19.5 Å². The van der Waals surface area contributed by atoms with Crippen LogP contribution in [-0.4, -0.2) is 54.3 Å². The number of methoxy groups -OCH3 is 1. The second-order valence-corrected chi connectivity index (χ2v) is 9.31. The van der Waals surface area contributed by atoms with E-state index in [0.29, 0.717) is 22.7 Å². The van der Waals surface area contributed by atoms with Crippen LogP contribution in [0.1, 0.15) is 30.5 Å². The maximum Gasteiger partial charge on any atom is 0.344 e. The van der Waals surface area contributed by atoms with Crippen LogP contribution in [0, 0.1) is 13.8 Å². The number of carbonyl (C=O) groups is 4. The summed E-state index contributed by atoms with van der Waals surface area (Å²) in [5.41, 5.74) is 3.01. The third-order valence-corrected chi connectivity index (χ3v) is 6.03. The van der Waals surface area contributed by atoms with Crippen molar-refractivity contribution in [2.45, 2.75) is 33.8 Å². The first-order valence-corrected chi connectivity index (χ1v) is 12.0. The van der Waals surface area contributed by atoms with E-state index in [1.165, 1.54) is 13.2 Å². The van der Waals surface area contributed by atoms with E-state index in [0.717, 1.165) is 27.8 Å². The molecule has 0 atom stereocenters. The van der Waals surface area contributed by atoms with E-state index in [1.54, 1.807) is 32.0 Å². The van der Waals surface area contributed by atoms with Crippen LogP contribution in [0.3, 0.4) is 0 Å². The Morgan fingerprint density at radius 3 is 2.42 bits per heavy atom. The number of amides is 3. The van der Waals surface area contributed by atoms with Gasteiger partial charge in [-0.3, -0.25) is 19.3 Å². The first-order valence-electron chi connectivity index (χ1n) is 11.2. The van der Waals surface area contributed by atoms with E-state index < -0.39 is 29.6 Å². The van der Waals surface area contributed by atoms with Crippen molar-refractivity contribution < 1.29 is 33.4 Å². The van der Waals surface area contributed by atoms with Crippen molar-refractivity contribution in [2.24, 2.45) is 0 Å². The molecule has 190 valence electrons. The van der Waals surface area contributed by atoms with Crippen molar-refractivity contribution in [3.8, 4) is 11.5 Å². The number of ether oxygens (including phenoxy) is 3. The van der Waals surface area contributed by atoms with E-state index in [-0.39, 0.29) is 17.6 Å². The molecule has 9 nitrogen and oxygen atoms in total. The topological polar surface area (TPSA) is 111 Å². The molecule has 1 aliphatic heterocycles. The molecule has 0 bridgehead atoms. The maximum absolute atomic E-state index is 12.9. The molecular weight excluding hydrogens is 484 g/mol. The number of hydrogen-bond donors (Lipinski definition) is 1. The van der Waals surface area contributed by atoms with Crippen LogP contribution in [0.25, 0.3) is 6.08 Å². The van der Waals surface area contributed by atoms with Gasteiger partial charge in [-0.05, 0) is 74.4 Å². The minimum Gasteiger partial charge on any atom is -0.493 e. The largest absolute Gasteiger partial charge is 0.493 e. The van der Waals surface area contributed by atoms with Crippen molar-refractivity contribution in [3.05, 3.63) is 58.0 Å². The van der Waals surface area contributed by atoms with Gasteiger partial charge in [0.25, 0.3) is 11.1 Å². The molecule has 3 rings (SSSR count). The summed E-state index contributed by atoms with van der Waals surface area (Å²) in [6, 6.07) is 10.5. The number of imide groups is 1. The number of nitrogens with zero attached hydrogens (tertiary/aromatic N) is 1. The predicted octanol–water partition coefficient (Wildman–Crippen LogP) is 4.32.